The average molecular weight is 713 g/mol. The predicted octanol–water partition coefficient (Wildman–Crippen LogP) is 6.65. The van der Waals surface area contributed by atoms with Crippen molar-refractivity contribution < 1.29 is 29.2 Å². The van der Waals surface area contributed by atoms with Crippen LogP contribution < -0.4 is 0 Å². The fraction of sp³-hybridized carbons (Fsp3) is 0.462. The van der Waals surface area contributed by atoms with Gasteiger partial charge in [0.2, 0.25) is 0 Å². The first-order valence-corrected chi connectivity index (χ1v) is 17.6. The smallest absolute Gasteiger partial charge is 0.305 e. The van der Waals surface area contributed by atoms with Gasteiger partial charge in [0, 0.05) is 67.6 Å². The highest BCUT2D eigenvalue weighted by Crippen LogP contribution is 2.38. The number of aromatic nitrogens is 1. The molecule has 1 aromatic carbocycles. The number of carbonyl (C=O) groups is 1. The number of pyridine rings is 1. The lowest BCUT2D eigenvalue weighted by Crippen LogP contribution is -2.19. The molecule has 0 amide bonds. The topological polar surface area (TPSA) is 99.9 Å². The molecule has 1 heterocycles. The number of benzene rings is 1. The van der Waals surface area contributed by atoms with Crippen molar-refractivity contribution in [2.75, 3.05) is 7.11 Å². The van der Waals surface area contributed by atoms with E-state index in [4.69, 9.17) is 14.8 Å². The fourth-order valence-corrected chi connectivity index (χ4v) is 3.85. The Kier molecular flexibility index (Phi) is 14.4. The van der Waals surface area contributed by atoms with Crippen LogP contribution in [0.2, 0.25) is 0 Å². The molecule has 0 saturated carbocycles. The third kappa shape index (κ3) is 9.67. The minimum absolute atomic E-state index is 0.0627. The van der Waals surface area contributed by atoms with Gasteiger partial charge in [0.1, 0.15) is 5.82 Å². The standard InChI is InChI=1S/C26H34FNO5.I2/c1-15(2)25-21(11-10-19(29)12-20(30)13-23(31)32)24(17-6-8-18(27)9-7-17)22(14-33-5)26(28-25)16(3)4;1-2/h6-11,15-16,19-20,29-30H,12-14H2,1-5H3,(H,31,32);/b11-10+;/t19-,20-;/m1./s1. The molecule has 0 radical (unpaired) electrons. The molecule has 2 rings (SSSR count). The van der Waals surface area contributed by atoms with Gasteiger partial charge in [-0.05, 0) is 35.1 Å². The Hall–Kier alpha value is -1.15. The van der Waals surface area contributed by atoms with Gasteiger partial charge in [0.15, 0.2) is 0 Å². The molecule has 0 spiro atoms. The lowest BCUT2D eigenvalue weighted by atomic mass is 9.87. The molecule has 2 atom stereocenters. The van der Waals surface area contributed by atoms with E-state index >= 15 is 0 Å². The van der Waals surface area contributed by atoms with Crippen LogP contribution in [0.15, 0.2) is 30.3 Å². The van der Waals surface area contributed by atoms with Gasteiger partial charge >= 0.3 is 5.97 Å². The highest BCUT2D eigenvalue weighted by atomic mass is 128. The number of aliphatic hydroxyl groups excluding tert-OH is 2. The molecule has 0 unspecified atom stereocenters. The second kappa shape index (κ2) is 15.9. The second-order valence-electron chi connectivity index (χ2n) is 8.81. The van der Waals surface area contributed by atoms with Gasteiger partial charge in [-0.15, -0.1) is 0 Å². The van der Waals surface area contributed by atoms with Gasteiger partial charge in [-0.25, -0.2) is 4.39 Å². The first-order chi connectivity index (χ1) is 16.5. The van der Waals surface area contributed by atoms with Gasteiger partial charge in [0.05, 0.1) is 30.9 Å². The van der Waals surface area contributed by atoms with Crippen LogP contribution in [0.5, 0.6) is 0 Å². The fourth-order valence-electron chi connectivity index (χ4n) is 3.85. The molecule has 0 saturated heterocycles. The van der Waals surface area contributed by atoms with E-state index in [0.29, 0.717) is 6.61 Å². The minimum Gasteiger partial charge on any atom is -0.481 e. The monoisotopic (exact) mass is 713 g/mol. The number of hydrogen-bond acceptors (Lipinski definition) is 5. The maximum atomic E-state index is 13.7. The van der Waals surface area contributed by atoms with Crippen molar-refractivity contribution >= 4 is 49.3 Å². The van der Waals surface area contributed by atoms with Crippen molar-refractivity contribution in [1.29, 1.82) is 0 Å². The van der Waals surface area contributed by atoms with E-state index < -0.39 is 24.6 Å². The first-order valence-electron chi connectivity index (χ1n) is 11.3. The molecule has 2 aromatic rings. The number of nitrogens with zero attached hydrogens (tertiary/aromatic N) is 1. The van der Waals surface area contributed by atoms with Crippen LogP contribution in [0.25, 0.3) is 17.2 Å². The van der Waals surface area contributed by atoms with Crippen molar-refractivity contribution in [3.8, 4) is 11.1 Å². The van der Waals surface area contributed by atoms with Crippen molar-refractivity contribution in [3.05, 3.63) is 58.7 Å². The van der Waals surface area contributed by atoms with Crippen LogP contribution in [-0.2, 0) is 16.1 Å². The normalized spacial score (nSPS) is 13.1. The summed E-state index contributed by atoms with van der Waals surface area (Å²) in [6, 6.07) is 6.23. The predicted molar refractivity (Wildman–Crippen MR) is 154 cm³/mol. The van der Waals surface area contributed by atoms with Crippen molar-refractivity contribution in [1.82, 2.24) is 4.98 Å². The Balaban J connectivity index is 0.00000298. The Morgan fingerprint density at radius 3 is 2.14 bits per heavy atom. The number of rotatable bonds is 11. The van der Waals surface area contributed by atoms with Crippen molar-refractivity contribution in [2.24, 2.45) is 0 Å². The zero-order chi connectivity index (χ0) is 26.7. The minimum atomic E-state index is -1.16. The van der Waals surface area contributed by atoms with Crippen LogP contribution in [0, 0.1) is 5.82 Å². The molecule has 194 valence electrons. The van der Waals surface area contributed by atoms with E-state index in [1.165, 1.54) is 18.2 Å². The molecule has 0 aliphatic rings. The van der Waals surface area contributed by atoms with Crippen LogP contribution in [-0.4, -0.2) is 45.6 Å². The van der Waals surface area contributed by atoms with E-state index in [1.807, 2.05) is 13.8 Å². The van der Waals surface area contributed by atoms with Gasteiger partial charge in [-0.2, -0.15) is 0 Å². The van der Waals surface area contributed by atoms with E-state index in [0.717, 1.165) is 33.6 Å². The highest BCUT2D eigenvalue weighted by molar-refractivity contribution is 15.0. The van der Waals surface area contributed by atoms with Crippen LogP contribution >= 0.6 is 37.2 Å². The first kappa shape index (κ1) is 31.9. The number of hydrogen-bond donors (Lipinski definition) is 3. The highest BCUT2D eigenvalue weighted by Gasteiger charge is 2.23. The molecule has 0 bridgehead atoms. The zero-order valence-corrected chi connectivity index (χ0v) is 24.9. The van der Waals surface area contributed by atoms with Crippen LogP contribution in [0.4, 0.5) is 4.39 Å². The van der Waals surface area contributed by atoms with E-state index in [-0.39, 0.29) is 24.1 Å². The largest absolute Gasteiger partial charge is 0.481 e. The summed E-state index contributed by atoms with van der Waals surface area (Å²) >= 11 is 4.24. The summed E-state index contributed by atoms with van der Waals surface area (Å²) in [7, 11) is 1.61. The lowest BCUT2D eigenvalue weighted by molar-refractivity contribution is -0.139. The van der Waals surface area contributed by atoms with Crippen molar-refractivity contribution in [3.63, 3.8) is 0 Å². The second-order valence-corrected chi connectivity index (χ2v) is 8.81. The summed E-state index contributed by atoms with van der Waals surface area (Å²) in [5, 5.41) is 29.1. The molecule has 0 aliphatic carbocycles. The summed E-state index contributed by atoms with van der Waals surface area (Å²) < 4.78 is 19.2. The molecule has 3 N–H and O–H groups in total. The summed E-state index contributed by atoms with van der Waals surface area (Å²) in [6.07, 6.45) is 0.541. The Bertz CT molecular complexity index is 981. The summed E-state index contributed by atoms with van der Waals surface area (Å²) in [5.41, 5.74) is 5.05. The van der Waals surface area contributed by atoms with E-state index in [2.05, 4.69) is 51.1 Å². The molecular weight excluding hydrogens is 679 g/mol. The Morgan fingerprint density at radius 2 is 1.66 bits per heavy atom. The van der Waals surface area contributed by atoms with Crippen LogP contribution in [0.3, 0.4) is 0 Å². The number of halogens is 3. The maximum absolute atomic E-state index is 13.7. The quantitative estimate of drug-likeness (QED) is 0.226. The molecule has 9 heteroatoms. The molecule has 1 aromatic heterocycles. The maximum Gasteiger partial charge on any atom is 0.305 e. The molecule has 0 fully saturated rings. The summed E-state index contributed by atoms with van der Waals surface area (Å²) in [4.78, 5) is 15.8. The molecule has 6 nitrogen and oxygen atoms in total. The lowest BCUT2D eigenvalue weighted by Gasteiger charge is -2.23. The zero-order valence-electron chi connectivity index (χ0n) is 20.6. The number of ether oxygens (including phenoxy) is 1. The molecular formula is C26H34FI2NO5. The molecule has 35 heavy (non-hydrogen) atoms. The van der Waals surface area contributed by atoms with E-state index in [9.17, 15) is 19.4 Å². The van der Waals surface area contributed by atoms with Gasteiger partial charge in [0.25, 0.3) is 0 Å². The van der Waals surface area contributed by atoms with Crippen molar-refractivity contribution in [2.45, 2.75) is 71.2 Å². The van der Waals surface area contributed by atoms with Crippen LogP contribution in [0.1, 0.15) is 74.9 Å². The van der Waals surface area contributed by atoms with Gasteiger partial charge < -0.3 is 20.1 Å². The third-order valence-corrected chi connectivity index (χ3v) is 5.32. The molecule has 0 aliphatic heterocycles. The number of aliphatic carboxylic acids is 1. The van der Waals surface area contributed by atoms with Gasteiger partial charge in [-0.3, -0.25) is 9.78 Å². The SMILES string of the molecule is COCc1c(C(C)C)nc(C(C)C)c(/C=C/[C@@H](O)C[C@@H](O)CC(=O)O)c1-c1ccc(F)cc1.II. The average Bonchev–Trinajstić information content (AvgIpc) is 2.78. The number of carboxylic acid groups (broad SMARTS) is 1. The van der Waals surface area contributed by atoms with E-state index in [1.54, 1.807) is 25.3 Å². The number of aliphatic hydroxyl groups is 2. The Morgan fingerprint density at radius 1 is 1.09 bits per heavy atom. The van der Waals surface area contributed by atoms with Gasteiger partial charge in [-0.1, -0.05) is 52.0 Å². The third-order valence-electron chi connectivity index (χ3n) is 5.32. The summed E-state index contributed by atoms with van der Waals surface area (Å²) in [6.45, 7) is 8.49. The number of methoxy groups -OCH3 is 1. The summed E-state index contributed by atoms with van der Waals surface area (Å²) in [5.74, 6) is -1.28. The Labute approximate surface area is 230 Å². The number of carboxylic acids is 1.